The fourth-order valence-electron chi connectivity index (χ4n) is 5.13. The minimum absolute atomic E-state index is 0.0971. The number of aryl methyl sites for hydroxylation is 1. The molecule has 1 aromatic heterocycles. The van der Waals surface area contributed by atoms with Crippen molar-refractivity contribution in [2.75, 3.05) is 19.8 Å². The van der Waals surface area contributed by atoms with Crippen LogP contribution in [0.1, 0.15) is 36.9 Å². The molecular formula is C20H27N7O. The molecule has 0 spiro atoms. The summed E-state index contributed by atoms with van der Waals surface area (Å²) in [5, 5.41) is 13.1. The van der Waals surface area contributed by atoms with Gasteiger partial charge in [-0.1, -0.05) is 0 Å². The quantitative estimate of drug-likeness (QED) is 0.730. The molecule has 0 radical (unpaired) electrons. The number of hydrogen-bond donors (Lipinski definition) is 3. The average molecular weight is 381 g/mol. The van der Waals surface area contributed by atoms with Crippen LogP contribution in [-0.2, 0) is 4.74 Å². The predicted octanol–water partition coefficient (Wildman–Crippen LogP) is 1.32. The van der Waals surface area contributed by atoms with Crippen LogP contribution in [0.3, 0.4) is 0 Å². The maximum atomic E-state index is 5.49. The minimum Gasteiger partial charge on any atom is -0.381 e. The molecular weight excluding hydrogens is 354 g/mol. The Morgan fingerprint density at radius 2 is 2.11 bits per heavy atom. The van der Waals surface area contributed by atoms with E-state index in [-0.39, 0.29) is 6.29 Å². The summed E-state index contributed by atoms with van der Waals surface area (Å²) < 4.78 is 5.49. The van der Waals surface area contributed by atoms with Gasteiger partial charge < -0.3 is 9.64 Å². The van der Waals surface area contributed by atoms with Gasteiger partial charge in [-0.25, -0.2) is 4.99 Å². The van der Waals surface area contributed by atoms with Gasteiger partial charge in [0.2, 0.25) is 0 Å². The van der Waals surface area contributed by atoms with Crippen molar-refractivity contribution in [1.29, 1.82) is 0 Å². The number of nitrogens with one attached hydrogen (secondary N) is 3. The number of nitrogens with zero attached hydrogens (tertiary/aromatic N) is 4. The first kappa shape index (κ1) is 16.8. The number of aliphatic imine (C=N–C) groups is 1. The van der Waals surface area contributed by atoms with E-state index in [0.29, 0.717) is 12.1 Å². The van der Waals surface area contributed by atoms with Gasteiger partial charge in [-0.05, 0) is 44.6 Å². The number of ether oxygens (including phenoxy) is 1. The van der Waals surface area contributed by atoms with Gasteiger partial charge in [0.15, 0.2) is 12.1 Å². The van der Waals surface area contributed by atoms with E-state index >= 15 is 0 Å². The van der Waals surface area contributed by atoms with E-state index in [1.54, 1.807) is 0 Å². The second-order valence-electron chi connectivity index (χ2n) is 8.54. The predicted molar refractivity (Wildman–Crippen MR) is 106 cm³/mol. The number of hydrazine groups is 1. The van der Waals surface area contributed by atoms with Gasteiger partial charge in [0.25, 0.3) is 0 Å². The highest BCUT2D eigenvalue weighted by Gasteiger charge is 2.47. The van der Waals surface area contributed by atoms with Crippen LogP contribution in [-0.4, -0.2) is 64.1 Å². The molecule has 8 nitrogen and oxygen atoms in total. The highest BCUT2D eigenvalue weighted by Crippen LogP contribution is 2.45. The molecule has 0 aromatic carbocycles. The Morgan fingerprint density at radius 3 is 2.82 bits per heavy atom. The number of hydrogen-bond acceptors (Lipinski definition) is 7. The van der Waals surface area contributed by atoms with Crippen LogP contribution >= 0.6 is 0 Å². The zero-order chi connectivity index (χ0) is 18.7. The van der Waals surface area contributed by atoms with Crippen molar-refractivity contribution in [3.63, 3.8) is 0 Å². The van der Waals surface area contributed by atoms with Crippen molar-refractivity contribution in [3.8, 4) is 0 Å². The number of aromatic amines is 1. The van der Waals surface area contributed by atoms with Gasteiger partial charge in [-0.3, -0.25) is 15.4 Å². The average Bonchev–Trinajstić information content (AvgIpc) is 3.43. The van der Waals surface area contributed by atoms with Gasteiger partial charge >= 0.3 is 0 Å². The number of H-pyrrole nitrogens is 1. The van der Waals surface area contributed by atoms with E-state index in [4.69, 9.17) is 9.73 Å². The van der Waals surface area contributed by atoms with Crippen molar-refractivity contribution in [1.82, 2.24) is 30.8 Å². The van der Waals surface area contributed by atoms with Crippen LogP contribution in [0.2, 0.25) is 0 Å². The van der Waals surface area contributed by atoms with Gasteiger partial charge in [0, 0.05) is 54.9 Å². The molecule has 3 N–H and O–H groups in total. The molecule has 1 aromatic rings. The van der Waals surface area contributed by atoms with Crippen LogP contribution in [0.25, 0.3) is 5.57 Å². The van der Waals surface area contributed by atoms with Gasteiger partial charge in [0.05, 0.1) is 11.9 Å². The second-order valence-corrected chi connectivity index (χ2v) is 8.54. The largest absolute Gasteiger partial charge is 0.381 e. The highest BCUT2D eigenvalue weighted by molar-refractivity contribution is 6.09. The van der Waals surface area contributed by atoms with Crippen LogP contribution in [0.15, 0.2) is 29.2 Å². The standard InChI is InChI=1S/C20H27N7O/c1-12-17(10-21-24-12)16-2-5-27-19(18(16)26-11-13-8-15(26)9-13)23-20(25-27)22-14-3-6-28-7-4-14/h2,5,10,13-15,20,22,25H,3-4,6-9,11H2,1H3,(H,21,24). The fraction of sp³-hybridized carbons (Fsp3) is 0.600. The zero-order valence-electron chi connectivity index (χ0n) is 16.2. The van der Waals surface area contributed by atoms with Crippen LogP contribution in [0, 0.1) is 12.8 Å². The summed E-state index contributed by atoms with van der Waals surface area (Å²) in [6.45, 7) is 4.88. The third kappa shape index (κ3) is 2.62. The van der Waals surface area contributed by atoms with E-state index in [2.05, 4.69) is 50.0 Å². The smallest absolute Gasteiger partial charge is 0.173 e. The first-order valence-corrected chi connectivity index (χ1v) is 10.4. The van der Waals surface area contributed by atoms with Gasteiger partial charge in [-0.15, -0.1) is 0 Å². The summed E-state index contributed by atoms with van der Waals surface area (Å²) >= 11 is 0. The maximum absolute atomic E-state index is 5.49. The molecule has 1 aliphatic carbocycles. The van der Waals surface area contributed by atoms with E-state index < -0.39 is 0 Å². The number of allylic oxidation sites excluding steroid dienone is 2. The molecule has 6 aliphatic rings. The lowest BCUT2D eigenvalue weighted by atomic mass is 9.86. The first-order chi connectivity index (χ1) is 13.8. The molecule has 7 rings (SSSR count). The van der Waals surface area contributed by atoms with Crippen LogP contribution in [0.5, 0.6) is 0 Å². The molecule has 4 fully saturated rings. The molecule has 0 amide bonds. The molecule has 1 atom stereocenters. The molecule has 2 bridgehead atoms. The SMILES string of the molecule is Cc1[nH]ncc1C1=C(N2CC3CC2C3)C2=NC(NC3CCOCC3)NN2C=C1. The lowest BCUT2D eigenvalue weighted by Crippen LogP contribution is -2.49. The number of rotatable bonds is 4. The topological polar surface area (TPSA) is 80.8 Å². The molecule has 1 saturated carbocycles. The maximum Gasteiger partial charge on any atom is 0.173 e. The van der Waals surface area contributed by atoms with Crippen LogP contribution in [0.4, 0.5) is 0 Å². The van der Waals surface area contributed by atoms with Crippen molar-refractivity contribution in [3.05, 3.63) is 35.4 Å². The summed E-state index contributed by atoms with van der Waals surface area (Å²) in [7, 11) is 0. The molecule has 148 valence electrons. The Labute approximate surface area is 164 Å². The summed E-state index contributed by atoms with van der Waals surface area (Å²) in [4.78, 5) is 7.65. The Balaban J connectivity index is 1.36. The Morgan fingerprint density at radius 1 is 1.25 bits per heavy atom. The minimum atomic E-state index is -0.0971. The molecule has 3 saturated heterocycles. The zero-order valence-corrected chi connectivity index (χ0v) is 16.2. The van der Waals surface area contributed by atoms with Crippen molar-refractivity contribution in [2.24, 2.45) is 10.9 Å². The van der Waals surface area contributed by atoms with E-state index in [1.165, 1.54) is 29.7 Å². The van der Waals surface area contributed by atoms with E-state index in [9.17, 15) is 0 Å². The number of aromatic nitrogens is 2. The lowest BCUT2D eigenvalue weighted by Gasteiger charge is -2.34. The summed E-state index contributed by atoms with van der Waals surface area (Å²) in [6, 6.07) is 1.10. The normalized spacial score (nSPS) is 32.0. The van der Waals surface area contributed by atoms with Crippen LogP contribution < -0.4 is 10.7 Å². The Kier molecular flexibility index (Phi) is 3.85. The first-order valence-electron chi connectivity index (χ1n) is 10.4. The fourth-order valence-corrected chi connectivity index (χ4v) is 5.13. The van der Waals surface area contributed by atoms with Crippen molar-refractivity contribution < 1.29 is 4.74 Å². The lowest BCUT2D eigenvalue weighted by molar-refractivity contribution is 0.0728. The summed E-state index contributed by atoms with van der Waals surface area (Å²) in [6.07, 6.45) is 10.8. The van der Waals surface area contributed by atoms with E-state index in [1.807, 2.05) is 6.20 Å². The molecule has 8 heteroatoms. The van der Waals surface area contributed by atoms with Gasteiger partial charge in [0.1, 0.15) is 0 Å². The summed E-state index contributed by atoms with van der Waals surface area (Å²) in [5.74, 6) is 1.87. The van der Waals surface area contributed by atoms with Gasteiger partial charge in [-0.2, -0.15) is 10.5 Å². The highest BCUT2D eigenvalue weighted by atomic mass is 16.5. The monoisotopic (exact) mass is 381 g/mol. The third-order valence-electron chi connectivity index (χ3n) is 6.73. The number of amidine groups is 1. The van der Waals surface area contributed by atoms with Crippen molar-refractivity contribution in [2.45, 2.75) is 51.0 Å². The molecule has 6 heterocycles. The van der Waals surface area contributed by atoms with Crippen molar-refractivity contribution >= 4 is 11.4 Å². The van der Waals surface area contributed by atoms with E-state index in [0.717, 1.165) is 50.0 Å². The Hall–Kier alpha value is -2.16. The molecule has 28 heavy (non-hydrogen) atoms. The third-order valence-corrected chi connectivity index (χ3v) is 6.73. The molecule has 5 aliphatic heterocycles. The summed E-state index contributed by atoms with van der Waals surface area (Å²) in [5.41, 5.74) is 8.25. The number of fused-ring (bicyclic) bond motifs is 2. The molecule has 1 unspecified atom stereocenters. The Bertz CT molecular complexity index is 860. The second kappa shape index (κ2) is 6.43.